The number of fused-ring (bicyclic) bond motifs is 1. The summed E-state index contributed by atoms with van der Waals surface area (Å²) in [6.07, 6.45) is 4.63. The van der Waals surface area contributed by atoms with Gasteiger partial charge in [0, 0.05) is 5.41 Å². The zero-order chi connectivity index (χ0) is 13.8. The molecule has 1 aromatic carbocycles. The maximum atomic E-state index is 14.2. The molecule has 3 rings (SSSR count). The summed E-state index contributed by atoms with van der Waals surface area (Å²) in [5.74, 6) is 0.186. The van der Waals surface area contributed by atoms with Gasteiger partial charge in [-0.1, -0.05) is 32.1 Å². The van der Waals surface area contributed by atoms with E-state index >= 15 is 0 Å². The lowest BCUT2D eigenvalue weighted by Crippen LogP contribution is -2.13. The normalized spacial score (nSPS) is 28.8. The average molecular weight is 260 g/mol. The standard InChI is InChI=1S/C17H18F2/c1-10(2)14-6-13-8-17(13,9-16(14)19)12-5-4-11(3)15(18)7-12/h4-7,9-10,13H,8H2,1-3H3. The van der Waals surface area contributed by atoms with Gasteiger partial charge in [0.2, 0.25) is 0 Å². The first-order valence-electron chi connectivity index (χ1n) is 6.81. The van der Waals surface area contributed by atoms with Crippen LogP contribution in [0.1, 0.15) is 31.4 Å². The Morgan fingerprint density at radius 3 is 2.63 bits per heavy atom. The molecule has 2 heteroatoms. The van der Waals surface area contributed by atoms with Crippen molar-refractivity contribution in [1.82, 2.24) is 0 Å². The van der Waals surface area contributed by atoms with Crippen molar-refractivity contribution in [1.29, 1.82) is 0 Å². The lowest BCUT2D eigenvalue weighted by atomic mass is 9.85. The summed E-state index contributed by atoms with van der Waals surface area (Å²) in [6, 6.07) is 5.27. The number of aryl methyl sites for hydroxylation is 1. The molecule has 0 nitrogen and oxygen atoms in total. The van der Waals surface area contributed by atoms with Gasteiger partial charge in [0.15, 0.2) is 0 Å². The zero-order valence-electron chi connectivity index (χ0n) is 11.5. The van der Waals surface area contributed by atoms with Crippen molar-refractivity contribution < 1.29 is 8.78 Å². The Morgan fingerprint density at radius 2 is 2.00 bits per heavy atom. The number of hydrogen-bond acceptors (Lipinski definition) is 0. The molecule has 2 atom stereocenters. The van der Waals surface area contributed by atoms with Gasteiger partial charge >= 0.3 is 0 Å². The summed E-state index contributed by atoms with van der Waals surface area (Å²) < 4.78 is 27.9. The third-order valence-electron chi connectivity index (χ3n) is 4.43. The van der Waals surface area contributed by atoms with E-state index in [4.69, 9.17) is 0 Å². The van der Waals surface area contributed by atoms with Crippen LogP contribution in [0.2, 0.25) is 0 Å². The molecule has 2 aliphatic carbocycles. The largest absolute Gasteiger partial charge is 0.207 e. The van der Waals surface area contributed by atoms with Crippen molar-refractivity contribution in [3.8, 4) is 0 Å². The molecule has 2 aliphatic rings. The highest BCUT2D eigenvalue weighted by atomic mass is 19.1. The van der Waals surface area contributed by atoms with Crippen LogP contribution in [0.15, 0.2) is 41.8 Å². The maximum absolute atomic E-state index is 14.2. The molecule has 1 aromatic rings. The Balaban J connectivity index is 1.99. The number of halogens is 2. The first-order valence-corrected chi connectivity index (χ1v) is 6.81. The van der Waals surface area contributed by atoms with Gasteiger partial charge in [-0.2, -0.15) is 0 Å². The average Bonchev–Trinajstić information content (AvgIpc) is 3.05. The van der Waals surface area contributed by atoms with Gasteiger partial charge < -0.3 is 0 Å². The summed E-state index contributed by atoms with van der Waals surface area (Å²) in [6.45, 7) is 5.75. The molecule has 0 saturated heterocycles. The third-order valence-corrected chi connectivity index (χ3v) is 4.43. The van der Waals surface area contributed by atoms with E-state index in [0.29, 0.717) is 11.5 Å². The molecule has 0 aliphatic heterocycles. The van der Waals surface area contributed by atoms with Crippen LogP contribution in [-0.2, 0) is 5.41 Å². The molecule has 100 valence electrons. The van der Waals surface area contributed by atoms with E-state index in [9.17, 15) is 8.78 Å². The van der Waals surface area contributed by atoms with Crippen LogP contribution >= 0.6 is 0 Å². The van der Waals surface area contributed by atoms with E-state index in [2.05, 4.69) is 0 Å². The van der Waals surface area contributed by atoms with Crippen LogP contribution in [0.4, 0.5) is 8.78 Å². The fourth-order valence-corrected chi connectivity index (χ4v) is 3.05. The van der Waals surface area contributed by atoms with E-state index in [-0.39, 0.29) is 23.0 Å². The van der Waals surface area contributed by atoms with Crippen molar-refractivity contribution in [2.45, 2.75) is 32.6 Å². The lowest BCUT2D eigenvalue weighted by Gasteiger charge is -2.20. The fraction of sp³-hybridized carbons (Fsp3) is 0.412. The van der Waals surface area contributed by atoms with Crippen molar-refractivity contribution in [2.24, 2.45) is 11.8 Å². The molecule has 2 unspecified atom stereocenters. The van der Waals surface area contributed by atoms with E-state index in [0.717, 1.165) is 17.6 Å². The van der Waals surface area contributed by atoms with Gasteiger partial charge in [0.1, 0.15) is 11.6 Å². The Hall–Kier alpha value is -1.44. The summed E-state index contributed by atoms with van der Waals surface area (Å²) in [5, 5.41) is 0. The highest BCUT2D eigenvalue weighted by Gasteiger charge is 2.55. The minimum Gasteiger partial charge on any atom is -0.207 e. The minimum atomic E-state index is -0.295. The molecule has 0 bridgehead atoms. The van der Waals surface area contributed by atoms with Gasteiger partial charge in [-0.05, 0) is 54.0 Å². The summed E-state index contributed by atoms with van der Waals surface area (Å²) in [4.78, 5) is 0. The monoisotopic (exact) mass is 260 g/mol. The topological polar surface area (TPSA) is 0 Å². The van der Waals surface area contributed by atoms with Crippen molar-refractivity contribution in [3.63, 3.8) is 0 Å². The van der Waals surface area contributed by atoms with Gasteiger partial charge in [0.05, 0.1) is 0 Å². The SMILES string of the molecule is Cc1ccc(C23C=C(F)C(C(C)C)=CC2C3)cc1F. The van der Waals surface area contributed by atoms with E-state index in [1.165, 1.54) is 0 Å². The highest BCUT2D eigenvalue weighted by molar-refractivity contribution is 5.51. The van der Waals surface area contributed by atoms with Crippen LogP contribution in [-0.4, -0.2) is 0 Å². The molecule has 0 heterocycles. The molecule has 1 fully saturated rings. The Kier molecular flexibility index (Phi) is 2.67. The Morgan fingerprint density at radius 1 is 1.26 bits per heavy atom. The molecule has 0 amide bonds. The minimum absolute atomic E-state index is 0.135. The zero-order valence-corrected chi connectivity index (χ0v) is 11.5. The van der Waals surface area contributed by atoms with E-state index in [1.807, 2.05) is 26.0 Å². The quantitative estimate of drug-likeness (QED) is 0.713. The van der Waals surface area contributed by atoms with Gasteiger partial charge in [-0.3, -0.25) is 0 Å². The summed E-state index contributed by atoms with van der Waals surface area (Å²) >= 11 is 0. The lowest BCUT2D eigenvalue weighted by molar-refractivity contribution is 0.574. The van der Waals surface area contributed by atoms with E-state index < -0.39 is 0 Å². The van der Waals surface area contributed by atoms with Crippen LogP contribution < -0.4 is 0 Å². The van der Waals surface area contributed by atoms with Crippen molar-refractivity contribution in [3.05, 3.63) is 58.7 Å². The number of benzene rings is 1. The first kappa shape index (κ1) is 12.6. The Labute approximate surface area is 112 Å². The second-order valence-electron chi connectivity index (χ2n) is 6.08. The number of hydrogen-bond donors (Lipinski definition) is 0. The molecular formula is C17H18F2. The second kappa shape index (κ2) is 4.03. The molecular weight excluding hydrogens is 242 g/mol. The number of rotatable bonds is 2. The van der Waals surface area contributed by atoms with Crippen LogP contribution in [0, 0.1) is 24.6 Å². The molecule has 19 heavy (non-hydrogen) atoms. The predicted molar refractivity (Wildman–Crippen MR) is 73.0 cm³/mol. The molecule has 0 N–H and O–H groups in total. The first-order chi connectivity index (χ1) is 8.94. The third kappa shape index (κ3) is 1.85. The predicted octanol–water partition coefficient (Wildman–Crippen LogP) is 4.84. The van der Waals surface area contributed by atoms with Gasteiger partial charge in [-0.15, -0.1) is 0 Å². The van der Waals surface area contributed by atoms with Gasteiger partial charge in [0.25, 0.3) is 0 Å². The molecule has 0 spiro atoms. The maximum Gasteiger partial charge on any atom is 0.126 e. The fourth-order valence-electron chi connectivity index (χ4n) is 3.05. The molecule has 0 radical (unpaired) electrons. The summed E-state index contributed by atoms with van der Waals surface area (Å²) in [5.41, 5.74) is 2.04. The van der Waals surface area contributed by atoms with Crippen LogP contribution in [0.5, 0.6) is 0 Å². The van der Waals surface area contributed by atoms with E-state index in [1.54, 1.807) is 25.1 Å². The van der Waals surface area contributed by atoms with Crippen molar-refractivity contribution >= 4 is 0 Å². The highest BCUT2D eigenvalue weighted by Crippen LogP contribution is 2.60. The second-order valence-corrected chi connectivity index (χ2v) is 6.08. The molecule has 0 aromatic heterocycles. The van der Waals surface area contributed by atoms with Crippen LogP contribution in [0.25, 0.3) is 0 Å². The van der Waals surface area contributed by atoms with Crippen LogP contribution in [0.3, 0.4) is 0 Å². The Bertz CT molecular complexity index is 595. The smallest absolute Gasteiger partial charge is 0.126 e. The summed E-state index contributed by atoms with van der Waals surface area (Å²) in [7, 11) is 0. The molecule has 1 saturated carbocycles. The van der Waals surface area contributed by atoms with Crippen molar-refractivity contribution in [2.75, 3.05) is 0 Å². The number of allylic oxidation sites excluding steroid dienone is 4. The van der Waals surface area contributed by atoms with Gasteiger partial charge in [-0.25, -0.2) is 8.78 Å².